The highest BCUT2D eigenvalue weighted by molar-refractivity contribution is 6.04. The molecule has 1 aliphatic rings. The number of aryl methyl sites for hydroxylation is 1. The van der Waals surface area contributed by atoms with E-state index < -0.39 is 17.9 Å². The van der Waals surface area contributed by atoms with Gasteiger partial charge in [-0.15, -0.1) is 5.06 Å². The molecular formula is C16H14N2O4. The van der Waals surface area contributed by atoms with Gasteiger partial charge in [-0.1, -0.05) is 30.3 Å². The average molecular weight is 298 g/mol. The Kier molecular flexibility index (Phi) is 3.50. The SMILES string of the molecule is Cc1cc(NC(=O)ON2C(=O)CCC2=O)c2ccccc2c1. The number of hydrogen-bond donors (Lipinski definition) is 1. The lowest BCUT2D eigenvalue weighted by molar-refractivity contribution is -0.170. The third kappa shape index (κ3) is 2.63. The van der Waals surface area contributed by atoms with Gasteiger partial charge in [-0.3, -0.25) is 14.9 Å². The van der Waals surface area contributed by atoms with Crippen LogP contribution in [-0.4, -0.2) is 23.0 Å². The van der Waals surface area contributed by atoms with Crippen molar-refractivity contribution in [2.75, 3.05) is 5.32 Å². The van der Waals surface area contributed by atoms with Crippen molar-refractivity contribution in [3.05, 3.63) is 42.0 Å². The molecule has 0 spiro atoms. The van der Waals surface area contributed by atoms with Crippen molar-refractivity contribution < 1.29 is 19.2 Å². The first-order chi connectivity index (χ1) is 10.5. The first-order valence-corrected chi connectivity index (χ1v) is 6.89. The highest BCUT2D eigenvalue weighted by Gasteiger charge is 2.32. The molecule has 0 bridgehead atoms. The zero-order chi connectivity index (χ0) is 15.7. The number of nitrogens with zero attached hydrogens (tertiary/aromatic N) is 1. The third-order valence-corrected chi connectivity index (χ3v) is 3.42. The second-order valence-electron chi connectivity index (χ2n) is 5.12. The van der Waals surface area contributed by atoms with Crippen molar-refractivity contribution >= 4 is 34.4 Å². The summed E-state index contributed by atoms with van der Waals surface area (Å²) >= 11 is 0. The minimum absolute atomic E-state index is 0.0689. The summed E-state index contributed by atoms with van der Waals surface area (Å²) in [6.45, 7) is 1.91. The van der Waals surface area contributed by atoms with Crippen LogP contribution >= 0.6 is 0 Å². The van der Waals surface area contributed by atoms with Gasteiger partial charge in [0.2, 0.25) is 0 Å². The number of fused-ring (bicyclic) bond motifs is 1. The smallest absolute Gasteiger partial charge is 0.311 e. The molecule has 0 unspecified atom stereocenters. The van der Waals surface area contributed by atoms with Crippen LogP contribution in [0.3, 0.4) is 0 Å². The van der Waals surface area contributed by atoms with Crippen LogP contribution in [-0.2, 0) is 14.4 Å². The van der Waals surface area contributed by atoms with Crippen molar-refractivity contribution in [3.63, 3.8) is 0 Å². The Morgan fingerprint density at radius 3 is 2.55 bits per heavy atom. The summed E-state index contributed by atoms with van der Waals surface area (Å²) in [7, 11) is 0. The summed E-state index contributed by atoms with van der Waals surface area (Å²) in [4.78, 5) is 39.6. The quantitative estimate of drug-likeness (QED) is 0.865. The van der Waals surface area contributed by atoms with Crippen molar-refractivity contribution in [3.8, 4) is 0 Å². The van der Waals surface area contributed by atoms with E-state index in [4.69, 9.17) is 4.84 Å². The number of anilines is 1. The fourth-order valence-electron chi connectivity index (χ4n) is 2.44. The van der Waals surface area contributed by atoms with Gasteiger partial charge in [0, 0.05) is 18.2 Å². The molecule has 2 aromatic rings. The zero-order valence-electron chi connectivity index (χ0n) is 12.0. The van der Waals surface area contributed by atoms with Crippen molar-refractivity contribution in [1.29, 1.82) is 0 Å². The average Bonchev–Trinajstić information content (AvgIpc) is 2.79. The Bertz CT molecular complexity index is 769. The predicted molar refractivity (Wildman–Crippen MR) is 79.9 cm³/mol. The van der Waals surface area contributed by atoms with Crippen LogP contribution in [0.25, 0.3) is 10.8 Å². The Morgan fingerprint density at radius 2 is 1.82 bits per heavy atom. The first-order valence-electron chi connectivity index (χ1n) is 6.89. The molecule has 3 rings (SSSR count). The lowest BCUT2D eigenvalue weighted by Crippen LogP contribution is -2.33. The molecule has 6 heteroatoms. The maximum Gasteiger partial charge on any atom is 0.436 e. The van der Waals surface area contributed by atoms with Gasteiger partial charge in [-0.05, 0) is 23.9 Å². The standard InChI is InChI=1S/C16H14N2O4/c1-10-8-11-4-2-3-5-12(11)13(9-10)17-16(21)22-18-14(19)6-7-15(18)20/h2-5,8-9H,6-7H2,1H3,(H,17,21). The van der Waals surface area contributed by atoms with Crippen LogP contribution in [0.5, 0.6) is 0 Å². The lowest BCUT2D eigenvalue weighted by Gasteiger charge is -2.14. The summed E-state index contributed by atoms with van der Waals surface area (Å²) in [6, 6.07) is 11.4. The molecule has 1 N–H and O–H groups in total. The van der Waals surface area contributed by atoms with E-state index in [0.29, 0.717) is 10.8 Å². The van der Waals surface area contributed by atoms with Gasteiger partial charge in [0.25, 0.3) is 11.8 Å². The predicted octanol–water partition coefficient (Wildman–Crippen LogP) is 2.76. The molecule has 112 valence electrons. The number of imide groups is 1. The normalized spacial score (nSPS) is 14.5. The van der Waals surface area contributed by atoms with Crippen LogP contribution in [0.4, 0.5) is 10.5 Å². The molecule has 3 amide bonds. The molecule has 0 radical (unpaired) electrons. The summed E-state index contributed by atoms with van der Waals surface area (Å²) < 4.78 is 0. The van der Waals surface area contributed by atoms with Gasteiger partial charge in [-0.2, -0.15) is 0 Å². The number of amides is 3. The van der Waals surface area contributed by atoms with Crippen molar-refractivity contribution in [1.82, 2.24) is 5.06 Å². The molecule has 2 aromatic carbocycles. The fraction of sp³-hybridized carbons (Fsp3) is 0.188. The van der Waals surface area contributed by atoms with Gasteiger partial charge in [-0.25, -0.2) is 4.79 Å². The second-order valence-corrected chi connectivity index (χ2v) is 5.12. The molecule has 0 aromatic heterocycles. The van der Waals surface area contributed by atoms with E-state index in [0.717, 1.165) is 16.3 Å². The monoisotopic (exact) mass is 298 g/mol. The maximum atomic E-state index is 11.9. The summed E-state index contributed by atoms with van der Waals surface area (Å²) in [5, 5.41) is 4.94. The van der Waals surface area contributed by atoms with Crippen molar-refractivity contribution in [2.45, 2.75) is 19.8 Å². The van der Waals surface area contributed by atoms with E-state index in [9.17, 15) is 14.4 Å². The number of benzene rings is 2. The molecule has 1 saturated heterocycles. The van der Waals surface area contributed by atoms with E-state index in [1.54, 1.807) is 6.07 Å². The molecular weight excluding hydrogens is 284 g/mol. The molecule has 0 aliphatic carbocycles. The molecule has 0 saturated carbocycles. The molecule has 6 nitrogen and oxygen atoms in total. The second kappa shape index (κ2) is 5.48. The number of rotatable bonds is 2. The van der Waals surface area contributed by atoms with E-state index in [1.165, 1.54) is 0 Å². The van der Waals surface area contributed by atoms with Gasteiger partial charge >= 0.3 is 6.09 Å². The zero-order valence-corrected chi connectivity index (χ0v) is 12.0. The summed E-state index contributed by atoms with van der Waals surface area (Å²) in [5.74, 6) is -1.01. The fourth-order valence-corrected chi connectivity index (χ4v) is 2.44. The van der Waals surface area contributed by atoms with Gasteiger partial charge < -0.3 is 4.84 Å². The number of carbonyl (C=O) groups is 3. The molecule has 1 fully saturated rings. The van der Waals surface area contributed by atoms with Crippen LogP contribution in [0, 0.1) is 6.92 Å². The Balaban J connectivity index is 1.82. The Morgan fingerprint density at radius 1 is 1.14 bits per heavy atom. The Labute approximate surface area is 126 Å². The van der Waals surface area contributed by atoms with Gasteiger partial charge in [0.05, 0.1) is 5.69 Å². The van der Waals surface area contributed by atoms with Crippen LogP contribution in [0.1, 0.15) is 18.4 Å². The largest absolute Gasteiger partial charge is 0.436 e. The minimum Gasteiger partial charge on any atom is -0.311 e. The minimum atomic E-state index is -0.862. The highest BCUT2D eigenvalue weighted by Crippen LogP contribution is 2.25. The molecule has 1 heterocycles. The van der Waals surface area contributed by atoms with Crippen LogP contribution < -0.4 is 5.32 Å². The molecule has 1 aliphatic heterocycles. The molecule has 22 heavy (non-hydrogen) atoms. The van der Waals surface area contributed by atoms with E-state index >= 15 is 0 Å². The van der Waals surface area contributed by atoms with Gasteiger partial charge in [0.15, 0.2) is 0 Å². The van der Waals surface area contributed by atoms with Crippen LogP contribution in [0.15, 0.2) is 36.4 Å². The first kappa shape index (κ1) is 14.1. The van der Waals surface area contributed by atoms with Crippen LogP contribution in [0.2, 0.25) is 0 Å². The Hall–Kier alpha value is -2.89. The lowest BCUT2D eigenvalue weighted by atomic mass is 10.1. The number of hydrogen-bond acceptors (Lipinski definition) is 4. The molecule has 0 atom stereocenters. The third-order valence-electron chi connectivity index (χ3n) is 3.42. The number of hydroxylamine groups is 2. The highest BCUT2D eigenvalue weighted by atomic mass is 16.7. The number of carbonyl (C=O) groups excluding carboxylic acids is 3. The van der Waals surface area contributed by atoms with E-state index in [-0.39, 0.29) is 12.8 Å². The summed E-state index contributed by atoms with van der Waals surface area (Å²) in [5.41, 5.74) is 1.54. The van der Waals surface area contributed by atoms with E-state index in [1.807, 2.05) is 37.3 Å². The van der Waals surface area contributed by atoms with Crippen molar-refractivity contribution in [2.24, 2.45) is 0 Å². The number of nitrogens with one attached hydrogen (secondary N) is 1. The summed E-state index contributed by atoms with van der Waals surface area (Å²) in [6.07, 6.45) is -0.724. The topological polar surface area (TPSA) is 75.7 Å². The van der Waals surface area contributed by atoms with E-state index in [2.05, 4.69) is 5.32 Å². The maximum absolute atomic E-state index is 11.9. The van der Waals surface area contributed by atoms with Gasteiger partial charge in [0.1, 0.15) is 0 Å².